The molecule has 3 heterocycles. The van der Waals surface area contributed by atoms with Gasteiger partial charge in [0.05, 0.1) is 30.6 Å². The molecule has 13 nitrogen and oxygen atoms in total. The number of rotatable bonds is 10. The highest BCUT2D eigenvalue weighted by molar-refractivity contribution is 6.23. The van der Waals surface area contributed by atoms with Crippen LogP contribution in [0.25, 0.3) is 0 Å². The molecule has 3 aromatic carbocycles. The lowest BCUT2D eigenvalue weighted by atomic mass is 9.78. The van der Waals surface area contributed by atoms with Crippen molar-refractivity contribution in [3.05, 3.63) is 107 Å². The van der Waals surface area contributed by atoms with Crippen LogP contribution in [0.3, 0.4) is 0 Å². The van der Waals surface area contributed by atoms with Gasteiger partial charge in [-0.05, 0) is 60.0 Å². The summed E-state index contributed by atoms with van der Waals surface area (Å²) in [4.78, 5) is 70.5. The first-order chi connectivity index (χ1) is 24.5. The molecule has 4 aromatic rings. The molecule has 0 spiro atoms. The molecule has 4 amide bonds. The van der Waals surface area contributed by atoms with Crippen molar-refractivity contribution in [2.24, 2.45) is 0 Å². The second kappa shape index (κ2) is 13.3. The molecule has 51 heavy (non-hydrogen) atoms. The number of hydrogen-bond donors (Lipinski definition) is 2. The summed E-state index contributed by atoms with van der Waals surface area (Å²) >= 11 is 0. The van der Waals surface area contributed by atoms with Crippen LogP contribution in [0.4, 0.5) is 5.69 Å². The van der Waals surface area contributed by atoms with Crippen LogP contribution in [0.5, 0.6) is 17.2 Å². The summed E-state index contributed by atoms with van der Waals surface area (Å²) in [5, 5.41) is 5.64. The van der Waals surface area contributed by atoms with E-state index in [0.29, 0.717) is 17.2 Å². The molecule has 7 rings (SSSR count). The Bertz CT molecular complexity index is 2020. The van der Waals surface area contributed by atoms with Crippen molar-refractivity contribution in [3.8, 4) is 17.2 Å². The Morgan fingerprint density at radius 3 is 2.10 bits per heavy atom. The van der Waals surface area contributed by atoms with Crippen LogP contribution in [0.2, 0.25) is 0 Å². The van der Waals surface area contributed by atoms with Gasteiger partial charge >= 0.3 is 5.97 Å². The maximum absolute atomic E-state index is 13.2. The number of nitrogens with one attached hydrogen (secondary N) is 2. The summed E-state index contributed by atoms with van der Waals surface area (Å²) in [5.74, 6) is -0.966. The number of benzene rings is 3. The van der Waals surface area contributed by atoms with E-state index in [1.165, 1.54) is 19.5 Å². The maximum Gasteiger partial charge on any atom is 0.376 e. The molecule has 2 N–H and O–H groups in total. The predicted octanol–water partition coefficient (Wildman–Crippen LogP) is 4.80. The van der Waals surface area contributed by atoms with E-state index in [0.717, 1.165) is 34.6 Å². The molecule has 1 atom stereocenters. The van der Waals surface area contributed by atoms with Crippen molar-refractivity contribution in [1.82, 2.24) is 20.2 Å². The first-order valence-corrected chi connectivity index (χ1v) is 16.6. The number of piperidine rings is 1. The van der Waals surface area contributed by atoms with Gasteiger partial charge in [-0.1, -0.05) is 38.1 Å². The van der Waals surface area contributed by atoms with Gasteiger partial charge in [0.25, 0.3) is 11.8 Å². The summed E-state index contributed by atoms with van der Waals surface area (Å²) in [6, 6.07) is 20.0. The third-order valence-corrected chi connectivity index (χ3v) is 9.59. The third kappa shape index (κ3) is 6.62. The highest BCUT2D eigenvalue weighted by Crippen LogP contribution is 2.36. The molecule has 0 bridgehead atoms. The molecule has 1 aromatic heterocycles. The van der Waals surface area contributed by atoms with Crippen LogP contribution >= 0.6 is 0 Å². The van der Waals surface area contributed by atoms with Gasteiger partial charge in [0, 0.05) is 36.4 Å². The summed E-state index contributed by atoms with van der Waals surface area (Å²) < 4.78 is 16.7. The lowest BCUT2D eigenvalue weighted by Crippen LogP contribution is -2.54. The van der Waals surface area contributed by atoms with E-state index in [2.05, 4.69) is 51.3 Å². The van der Waals surface area contributed by atoms with Crippen molar-refractivity contribution < 1.29 is 38.2 Å². The molecule has 3 aliphatic rings. The lowest BCUT2D eigenvalue weighted by molar-refractivity contribution is -0.136. The minimum absolute atomic E-state index is 0.0247. The standard InChI is InChI=1S/C38H35N5O8/c1-38(2,22-6-11-26(12-7-22)51-28-19-39-33(40-20-28)37(48)49-3)21-4-9-25(10-5-21)50-27-16-24(17-27)41-23-8-13-29-30(18-23)36(47)43(35(29)46)31-14-15-32(44)42-34(31)45/h4-13,18-20,24,27,31,41H,14-17H2,1-3H3,(H,42,44,45)/t24?,27?,31-/m1/s1. The number of ether oxygens (including phenoxy) is 3. The number of fused-ring (bicyclic) bond motifs is 1. The first kappa shape index (κ1) is 33.4. The molecule has 2 aliphatic heterocycles. The fourth-order valence-corrected chi connectivity index (χ4v) is 6.53. The van der Waals surface area contributed by atoms with Gasteiger partial charge in [-0.3, -0.25) is 29.4 Å². The molecule has 0 radical (unpaired) electrons. The smallest absolute Gasteiger partial charge is 0.376 e. The Morgan fingerprint density at radius 2 is 1.47 bits per heavy atom. The second-order valence-corrected chi connectivity index (χ2v) is 13.3. The molecule has 1 saturated carbocycles. The SMILES string of the molecule is COC(=O)c1ncc(Oc2ccc(C(C)(C)c3ccc(OC4CC(Nc5ccc6c(c5)C(=O)N([C@@H]5CCC(=O)NC5=O)C6=O)C4)cc3)cc2)cn1. The van der Waals surface area contributed by atoms with Crippen molar-refractivity contribution >= 4 is 35.3 Å². The van der Waals surface area contributed by atoms with Gasteiger partial charge < -0.3 is 19.5 Å². The highest BCUT2D eigenvalue weighted by Gasteiger charge is 2.45. The Balaban J connectivity index is 0.907. The zero-order valence-electron chi connectivity index (χ0n) is 28.2. The normalized spacial score (nSPS) is 19.9. The summed E-state index contributed by atoms with van der Waals surface area (Å²) in [6.07, 6.45) is 4.58. The van der Waals surface area contributed by atoms with E-state index in [4.69, 9.17) is 9.47 Å². The van der Waals surface area contributed by atoms with Crippen molar-refractivity contribution in [3.63, 3.8) is 0 Å². The van der Waals surface area contributed by atoms with E-state index in [9.17, 15) is 24.0 Å². The number of anilines is 1. The van der Waals surface area contributed by atoms with Gasteiger partial charge in [-0.25, -0.2) is 14.8 Å². The Kier molecular flexibility index (Phi) is 8.71. The molecule has 1 saturated heterocycles. The van der Waals surface area contributed by atoms with Gasteiger partial charge in [-0.15, -0.1) is 0 Å². The van der Waals surface area contributed by atoms with E-state index < -0.39 is 35.6 Å². The molecule has 260 valence electrons. The minimum atomic E-state index is -0.994. The van der Waals surface area contributed by atoms with Gasteiger partial charge in [0.1, 0.15) is 23.6 Å². The van der Waals surface area contributed by atoms with Crippen molar-refractivity contribution in [2.75, 3.05) is 12.4 Å². The Morgan fingerprint density at radius 1 is 0.843 bits per heavy atom. The monoisotopic (exact) mass is 689 g/mol. The molecular formula is C38H35N5O8. The van der Waals surface area contributed by atoms with E-state index in [1.807, 2.05) is 36.4 Å². The number of carbonyl (C=O) groups excluding carboxylic acids is 5. The third-order valence-electron chi connectivity index (χ3n) is 9.59. The van der Waals surface area contributed by atoms with E-state index in [1.54, 1.807) is 18.2 Å². The summed E-state index contributed by atoms with van der Waals surface area (Å²) in [7, 11) is 1.27. The zero-order chi connectivity index (χ0) is 35.9. The predicted molar refractivity (Wildman–Crippen MR) is 183 cm³/mol. The highest BCUT2D eigenvalue weighted by atomic mass is 16.5. The molecule has 0 unspecified atom stereocenters. The average molecular weight is 690 g/mol. The molecular weight excluding hydrogens is 654 g/mol. The fourth-order valence-electron chi connectivity index (χ4n) is 6.53. The fraction of sp³-hybridized carbons (Fsp3) is 0.289. The number of aromatic nitrogens is 2. The Hall–Kier alpha value is -6.11. The number of amides is 4. The number of hydrogen-bond acceptors (Lipinski definition) is 11. The Labute approximate surface area is 293 Å². The van der Waals surface area contributed by atoms with Gasteiger partial charge in [-0.2, -0.15) is 0 Å². The molecule has 1 aliphatic carbocycles. The number of esters is 1. The minimum Gasteiger partial charge on any atom is -0.490 e. The van der Waals surface area contributed by atoms with Crippen LogP contribution in [-0.2, 0) is 19.7 Å². The number of carbonyl (C=O) groups is 5. The van der Waals surface area contributed by atoms with Crippen molar-refractivity contribution in [1.29, 1.82) is 0 Å². The van der Waals surface area contributed by atoms with E-state index >= 15 is 0 Å². The van der Waals surface area contributed by atoms with Crippen LogP contribution in [0.15, 0.2) is 79.1 Å². The van der Waals surface area contributed by atoms with Gasteiger partial charge in [0.2, 0.25) is 17.6 Å². The van der Waals surface area contributed by atoms with E-state index in [-0.39, 0.29) is 47.4 Å². The lowest BCUT2D eigenvalue weighted by Gasteiger charge is -2.36. The average Bonchev–Trinajstić information content (AvgIpc) is 3.36. The number of methoxy groups -OCH3 is 1. The second-order valence-electron chi connectivity index (χ2n) is 13.3. The molecule has 2 fully saturated rings. The van der Waals surface area contributed by atoms with Crippen LogP contribution < -0.4 is 20.1 Å². The van der Waals surface area contributed by atoms with Crippen LogP contribution in [0, 0.1) is 0 Å². The first-order valence-electron chi connectivity index (χ1n) is 16.6. The van der Waals surface area contributed by atoms with Crippen LogP contribution in [0.1, 0.15) is 82.0 Å². The maximum atomic E-state index is 13.2. The van der Waals surface area contributed by atoms with Crippen LogP contribution in [-0.4, -0.2) is 69.8 Å². The quantitative estimate of drug-likeness (QED) is 0.173. The van der Waals surface area contributed by atoms with Gasteiger partial charge in [0.15, 0.2) is 5.75 Å². The summed E-state index contributed by atoms with van der Waals surface area (Å²) in [6.45, 7) is 4.30. The zero-order valence-corrected chi connectivity index (χ0v) is 28.2. The number of nitrogens with zero attached hydrogens (tertiary/aromatic N) is 3. The number of imide groups is 2. The van der Waals surface area contributed by atoms with Crippen molar-refractivity contribution in [2.45, 2.75) is 63.1 Å². The largest absolute Gasteiger partial charge is 0.490 e. The summed E-state index contributed by atoms with van der Waals surface area (Å²) in [5.41, 5.74) is 3.11. The molecule has 13 heteroatoms. The topological polar surface area (TPSA) is 166 Å².